The van der Waals surface area contributed by atoms with Gasteiger partial charge in [-0.25, -0.2) is 0 Å². The minimum absolute atomic E-state index is 0.524. The second-order valence-corrected chi connectivity index (χ2v) is 4.31. The third kappa shape index (κ3) is 1.29. The molecule has 0 radical (unpaired) electrons. The van der Waals surface area contributed by atoms with Crippen LogP contribution in [0.3, 0.4) is 0 Å². The van der Waals surface area contributed by atoms with Gasteiger partial charge in [0.1, 0.15) is 0 Å². The minimum Gasteiger partial charge on any atom is -0.385 e. The number of benzene rings is 1. The molecule has 1 aliphatic rings. The summed E-state index contributed by atoms with van der Waals surface area (Å²) in [5, 5.41) is 9.98. The van der Waals surface area contributed by atoms with Crippen LogP contribution in [-0.4, -0.2) is 5.11 Å². The van der Waals surface area contributed by atoms with Crippen molar-refractivity contribution in [3.63, 3.8) is 0 Å². The standard InChI is InChI=1S/C10H11BrO/c11-9-4-1-3-8(7-9)10(12)5-2-6-10/h1,3-4,7,12H,2,5-6H2. The van der Waals surface area contributed by atoms with Crippen LogP contribution in [0.15, 0.2) is 28.7 Å². The lowest BCUT2D eigenvalue weighted by atomic mass is 9.75. The van der Waals surface area contributed by atoms with E-state index in [4.69, 9.17) is 0 Å². The van der Waals surface area contributed by atoms with E-state index in [1.807, 2.05) is 24.3 Å². The summed E-state index contributed by atoms with van der Waals surface area (Å²) in [6.45, 7) is 0. The summed E-state index contributed by atoms with van der Waals surface area (Å²) >= 11 is 3.40. The van der Waals surface area contributed by atoms with Crippen molar-refractivity contribution in [3.05, 3.63) is 34.3 Å². The molecule has 0 aromatic heterocycles. The molecule has 1 N–H and O–H groups in total. The van der Waals surface area contributed by atoms with Crippen molar-refractivity contribution in [2.24, 2.45) is 0 Å². The van der Waals surface area contributed by atoms with Gasteiger partial charge >= 0.3 is 0 Å². The van der Waals surface area contributed by atoms with Gasteiger partial charge in [0, 0.05) is 4.47 Å². The monoisotopic (exact) mass is 226 g/mol. The smallest absolute Gasteiger partial charge is 0.0897 e. The Bertz CT molecular complexity index is 292. The normalized spacial score (nSPS) is 20.2. The van der Waals surface area contributed by atoms with Gasteiger partial charge < -0.3 is 5.11 Å². The molecule has 64 valence electrons. The zero-order chi connectivity index (χ0) is 8.60. The number of hydrogen-bond donors (Lipinski definition) is 1. The molecule has 1 aliphatic carbocycles. The fourth-order valence-corrected chi connectivity index (χ4v) is 1.98. The summed E-state index contributed by atoms with van der Waals surface area (Å²) < 4.78 is 1.04. The van der Waals surface area contributed by atoms with Crippen molar-refractivity contribution in [1.82, 2.24) is 0 Å². The van der Waals surface area contributed by atoms with E-state index in [0.29, 0.717) is 0 Å². The molecule has 1 fully saturated rings. The molecule has 0 spiro atoms. The zero-order valence-corrected chi connectivity index (χ0v) is 8.34. The van der Waals surface area contributed by atoms with E-state index in [2.05, 4.69) is 15.9 Å². The first-order valence-corrected chi connectivity index (χ1v) is 4.98. The van der Waals surface area contributed by atoms with Gasteiger partial charge in [-0.15, -0.1) is 0 Å². The predicted octanol–water partition coefficient (Wildman–Crippen LogP) is 2.82. The van der Waals surface area contributed by atoms with Crippen molar-refractivity contribution in [2.45, 2.75) is 24.9 Å². The SMILES string of the molecule is OC1(c2cccc(Br)c2)CCC1. The summed E-state index contributed by atoms with van der Waals surface area (Å²) in [6.07, 6.45) is 2.95. The molecule has 1 saturated carbocycles. The Morgan fingerprint density at radius 1 is 1.33 bits per heavy atom. The van der Waals surface area contributed by atoms with Gasteiger partial charge in [0.2, 0.25) is 0 Å². The fraction of sp³-hybridized carbons (Fsp3) is 0.400. The molecular weight excluding hydrogens is 216 g/mol. The minimum atomic E-state index is -0.524. The summed E-state index contributed by atoms with van der Waals surface area (Å²) in [4.78, 5) is 0. The molecule has 12 heavy (non-hydrogen) atoms. The van der Waals surface area contributed by atoms with Crippen molar-refractivity contribution in [2.75, 3.05) is 0 Å². The molecule has 1 aromatic carbocycles. The van der Waals surface area contributed by atoms with Crippen LogP contribution in [-0.2, 0) is 5.60 Å². The lowest BCUT2D eigenvalue weighted by Gasteiger charge is -2.37. The quantitative estimate of drug-likeness (QED) is 0.782. The molecule has 0 atom stereocenters. The highest BCUT2D eigenvalue weighted by molar-refractivity contribution is 9.10. The topological polar surface area (TPSA) is 20.2 Å². The Balaban J connectivity index is 2.33. The molecular formula is C10H11BrO. The molecule has 0 aliphatic heterocycles. The molecule has 0 saturated heterocycles. The second kappa shape index (κ2) is 2.86. The van der Waals surface area contributed by atoms with Gasteiger partial charge in [-0.3, -0.25) is 0 Å². The molecule has 0 bridgehead atoms. The average molecular weight is 227 g/mol. The van der Waals surface area contributed by atoms with Crippen molar-refractivity contribution in [1.29, 1.82) is 0 Å². The van der Waals surface area contributed by atoms with Crippen LogP contribution in [0.1, 0.15) is 24.8 Å². The van der Waals surface area contributed by atoms with Crippen molar-refractivity contribution >= 4 is 15.9 Å². The van der Waals surface area contributed by atoms with Crippen LogP contribution >= 0.6 is 15.9 Å². The highest BCUT2D eigenvalue weighted by Crippen LogP contribution is 2.41. The van der Waals surface area contributed by atoms with Gasteiger partial charge in [-0.2, -0.15) is 0 Å². The van der Waals surface area contributed by atoms with Crippen molar-refractivity contribution in [3.8, 4) is 0 Å². The lowest BCUT2D eigenvalue weighted by Crippen LogP contribution is -2.33. The van der Waals surface area contributed by atoms with E-state index in [0.717, 1.165) is 29.3 Å². The third-order valence-corrected chi connectivity index (χ3v) is 3.04. The first-order chi connectivity index (χ1) is 5.71. The second-order valence-electron chi connectivity index (χ2n) is 3.40. The van der Waals surface area contributed by atoms with Gasteiger partial charge in [0.05, 0.1) is 5.60 Å². The van der Waals surface area contributed by atoms with Crippen LogP contribution in [0.25, 0.3) is 0 Å². The number of halogens is 1. The molecule has 0 heterocycles. The summed E-state index contributed by atoms with van der Waals surface area (Å²) in [5.74, 6) is 0. The predicted molar refractivity (Wildman–Crippen MR) is 51.9 cm³/mol. The van der Waals surface area contributed by atoms with E-state index >= 15 is 0 Å². The van der Waals surface area contributed by atoms with Crippen LogP contribution in [0, 0.1) is 0 Å². The maximum atomic E-state index is 9.98. The summed E-state index contributed by atoms with van der Waals surface area (Å²) in [5.41, 5.74) is 0.521. The Morgan fingerprint density at radius 2 is 2.08 bits per heavy atom. The number of rotatable bonds is 1. The largest absolute Gasteiger partial charge is 0.385 e. The first kappa shape index (κ1) is 8.27. The van der Waals surface area contributed by atoms with E-state index in [1.165, 1.54) is 0 Å². The Hall–Kier alpha value is -0.340. The molecule has 2 rings (SSSR count). The van der Waals surface area contributed by atoms with E-state index in [-0.39, 0.29) is 0 Å². The number of aliphatic hydroxyl groups is 1. The Morgan fingerprint density at radius 3 is 2.58 bits per heavy atom. The Labute approximate surface area is 80.5 Å². The first-order valence-electron chi connectivity index (χ1n) is 4.19. The van der Waals surface area contributed by atoms with Gasteiger partial charge in [0.15, 0.2) is 0 Å². The summed E-state index contributed by atoms with van der Waals surface area (Å²) in [6, 6.07) is 7.93. The van der Waals surface area contributed by atoms with Crippen LogP contribution in [0.4, 0.5) is 0 Å². The lowest BCUT2D eigenvalue weighted by molar-refractivity contribution is -0.0388. The summed E-state index contributed by atoms with van der Waals surface area (Å²) in [7, 11) is 0. The molecule has 1 nitrogen and oxygen atoms in total. The molecule has 0 amide bonds. The van der Waals surface area contributed by atoms with Crippen LogP contribution < -0.4 is 0 Å². The molecule has 1 aromatic rings. The molecule has 0 unspecified atom stereocenters. The van der Waals surface area contributed by atoms with E-state index in [1.54, 1.807) is 0 Å². The highest BCUT2D eigenvalue weighted by Gasteiger charge is 2.35. The zero-order valence-electron chi connectivity index (χ0n) is 6.76. The van der Waals surface area contributed by atoms with Crippen LogP contribution in [0.5, 0.6) is 0 Å². The fourth-order valence-electron chi connectivity index (χ4n) is 1.58. The molecule has 2 heteroatoms. The van der Waals surface area contributed by atoms with Crippen molar-refractivity contribution < 1.29 is 5.11 Å². The van der Waals surface area contributed by atoms with Gasteiger partial charge in [-0.05, 0) is 37.0 Å². The average Bonchev–Trinajstić information content (AvgIpc) is 2.00. The maximum absolute atomic E-state index is 9.98. The van der Waals surface area contributed by atoms with Crippen LogP contribution in [0.2, 0.25) is 0 Å². The highest BCUT2D eigenvalue weighted by atomic mass is 79.9. The third-order valence-electron chi connectivity index (χ3n) is 2.54. The maximum Gasteiger partial charge on any atom is 0.0897 e. The van der Waals surface area contributed by atoms with E-state index < -0.39 is 5.60 Å². The Kier molecular flexibility index (Phi) is 1.97. The number of hydrogen-bond acceptors (Lipinski definition) is 1. The van der Waals surface area contributed by atoms with E-state index in [9.17, 15) is 5.11 Å². The van der Waals surface area contributed by atoms with Gasteiger partial charge in [0.25, 0.3) is 0 Å². The van der Waals surface area contributed by atoms with Gasteiger partial charge in [-0.1, -0.05) is 28.1 Å².